The number of fused-ring (bicyclic) bond motifs is 3. The van der Waals surface area contributed by atoms with E-state index in [1.54, 1.807) is 0 Å². The fraction of sp³-hybridized carbons (Fsp3) is 0.304. The van der Waals surface area contributed by atoms with Crippen LogP contribution >= 0.6 is 0 Å². The van der Waals surface area contributed by atoms with Crippen LogP contribution in [-0.2, 0) is 0 Å². The molecule has 0 spiro atoms. The molecule has 3 heterocycles. The molecule has 148 valence electrons. The van der Waals surface area contributed by atoms with E-state index in [4.69, 9.17) is 5.73 Å². The maximum absolute atomic E-state index is 12.9. The zero-order valence-electron chi connectivity index (χ0n) is 16.4. The van der Waals surface area contributed by atoms with E-state index in [9.17, 15) is 9.59 Å². The molecule has 2 bridgehead atoms. The summed E-state index contributed by atoms with van der Waals surface area (Å²) >= 11 is 0. The molecule has 1 aromatic heterocycles. The van der Waals surface area contributed by atoms with Gasteiger partial charge in [0.1, 0.15) is 5.56 Å². The molecule has 2 saturated heterocycles. The number of carbonyl (C=O) groups excluding carboxylic acids is 1. The van der Waals surface area contributed by atoms with Gasteiger partial charge in [0.25, 0.3) is 5.91 Å². The number of nitrogens with two attached hydrogens (primary N) is 1. The van der Waals surface area contributed by atoms with Crippen molar-refractivity contribution in [1.29, 1.82) is 0 Å². The number of amides is 1. The molecule has 29 heavy (non-hydrogen) atoms. The first-order valence-electron chi connectivity index (χ1n) is 10.1. The molecule has 0 unspecified atom stereocenters. The third-order valence-electron chi connectivity index (χ3n) is 6.40. The Balaban J connectivity index is 1.43. The number of H-pyrrole nitrogens is 1. The van der Waals surface area contributed by atoms with Crippen molar-refractivity contribution in [3.05, 3.63) is 63.9 Å². The van der Waals surface area contributed by atoms with Gasteiger partial charge in [0.15, 0.2) is 0 Å². The Bertz CT molecular complexity index is 1160. The molecule has 6 heteroatoms. The predicted octanol–water partition coefficient (Wildman–Crippen LogP) is 3.80. The Morgan fingerprint density at radius 3 is 2.55 bits per heavy atom. The van der Waals surface area contributed by atoms with Crippen LogP contribution in [0, 0.1) is 6.92 Å². The number of nitrogens with zero attached hydrogens (tertiary/aromatic N) is 1. The predicted molar refractivity (Wildman–Crippen MR) is 117 cm³/mol. The molecule has 3 aromatic rings. The number of nitrogens with one attached hydrogen (secondary N) is 2. The van der Waals surface area contributed by atoms with Gasteiger partial charge in [-0.05, 0) is 62.4 Å². The van der Waals surface area contributed by atoms with Crippen LogP contribution in [0.15, 0.2) is 47.4 Å². The summed E-state index contributed by atoms with van der Waals surface area (Å²) in [5, 5.41) is 3.34. The summed E-state index contributed by atoms with van der Waals surface area (Å²) in [4.78, 5) is 31.2. The lowest BCUT2D eigenvalue weighted by Crippen LogP contribution is -2.28. The maximum atomic E-state index is 12.9. The van der Waals surface area contributed by atoms with Crippen LogP contribution in [0.5, 0.6) is 0 Å². The maximum Gasteiger partial charge on any atom is 0.261 e. The second-order valence-electron chi connectivity index (χ2n) is 8.12. The van der Waals surface area contributed by atoms with Crippen LogP contribution in [0.2, 0.25) is 0 Å². The Morgan fingerprint density at radius 1 is 1.14 bits per heavy atom. The number of aromatic amines is 1. The summed E-state index contributed by atoms with van der Waals surface area (Å²) in [5.41, 5.74) is 9.75. The van der Waals surface area contributed by atoms with Crippen LogP contribution in [0.4, 0.5) is 17.1 Å². The summed E-state index contributed by atoms with van der Waals surface area (Å²) in [6.07, 6.45) is 6.44. The van der Waals surface area contributed by atoms with Gasteiger partial charge < -0.3 is 20.9 Å². The molecule has 4 N–H and O–H groups in total. The summed E-state index contributed by atoms with van der Waals surface area (Å²) in [6.45, 7) is 1.86. The average molecular weight is 388 g/mol. The van der Waals surface area contributed by atoms with E-state index >= 15 is 0 Å². The van der Waals surface area contributed by atoms with E-state index in [0.717, 1.165) is 16.8 Å². The summed E-state index contributed by atoms with van der Waals surface area (Å²) in [6, 6.07) is 12.6. The summed E-state index contributed by atoms with van der Waals surface area (Å²) < 4.78 is 0. The van der Waals surface area contributed by atoms with Gasteiger partial charge in [-0.25, -0.2) is 0 Å². The largest absolute Gasteiger partial charge is 0.397 e. The highest BCUT2D eigenvalue weighted by Crippen LogP contribution is 2.42. The molecule has 0 aliphatic carbocycles. The van der Waals surface area contributed by atoms with Crippen molar-refractivity contribution in [3.8, 4) is 0 Å². The monoisotopic (exact) mass is 388 g/mol. The molecule has 0 radical (unpaired) electrons. The number of anilines is 3. The minimum atomic E-state index is -0.461. The lowest BCUT2D eigenvalue weighted by Gasteiger charge is -2.25. The fourth-order valence-electron chi connectivity index (χ4n) is 4.96. The number of rotatable bonds is 3. The van der Waals surface area contributed by atoms with Crippen LogP contribution < -0.4 is 21.4 Å². The lowest BCUT2D eigenvalue weighted by atomic mass is 10.0. The molecule has 2 aromatic carbocycles. The summed E-state index contributed by atoms with van der Waals surface area (Å²) in [5.74, 6) is -0.461. The van der Waals surface area contributed by atoms with Gasteiger partial charge in [0, 0.05) is 34.9 Å². The van der Waals surface area contributed by atoms with Gasteiger partial charge in [0.2, 0.25) is 5.43 Å². The van der Waals surface area contributed by atoms with Gasteiger partial charge in [-0.3, -0.25) is 9.59 Å². The standard InChI is InChI=1S/C23H24N4O2/c1-13-3-2-4-20-21(13)22(28)17(12-25-20)23(29)26-19-10-9-16(11-18(19)24)27-14-5-6-15(27)8-7-14/h2-4,9-12,14-15H,5-8,24H2,1H3,(H,25,28)(H,26,29). The molecular formula is C23H24N4O2. The van der Waals surface area contributed by atoms with E-state index in [2.05, 4.69) is 15.2 Å². The van der Waals surface area contributed by atoms with Crippen molar-refractivity contribution in [3.63, 3.8) is 0 Å². The normalized spacial score (nSPS) is 20.4. The van der Waals surface area contributed by atoms with E-state index in [1.165, 1.54) is 31.9 Å². The van der Waals surface area contributed by atoms with E-state index < -0.39 is 5.91 Å². The van der Waals surface area contributed by atoms with Crippen molar-refractivity contribution in [2.75, 3.05) is 16.0 Å². The van der Waals surface area contributed by atoms with Crippen LogP contribution in [-0.4, -0.2) is 23.0 Å². The number of hydrogen-bond acceptors (Lipinski definition) is 4. The van der Waals surface area contributed by atoms with Crippen LogP contribution in [0.25, 0.3) is 10.9 Å². The SMILES string of the molecule is Cc1cccc2[nH]cc(C(=O)Nc3ccc(N4C5CCC4CC5)cc3N)c(=O)c12. The van der Waals surface area contributed by atoms with Crippen molar-refractivity contribution in [2.45, 2.75) is 44.7 Å². The summed E-state index contributed by atoms with van der Waals surface area (Å²) in [7, 11) is 0. The number of aromatic nitrogens is 1. The second kappa shape index (κ2) is 6.65. The van der Waals surface area contributed by atoms with Crippen molar-refractivity contribution in [2.24, 2.45) is 0 Å². The highest BCUT2D eigenvalue weighted by molar-refractivity contribution is 6.07. The molecule has 1 amide bonds. The van der Waals surface area contributed by atoms with Gasteiger partial charge >= 0.3 is 0 Å². The fourth-order valence-corrected chi connectivity index (χ4v) is 4.96. The first-order chi connectivity index (χ1) is 14.0. The Hall–Kier alpha value is -3.28. The molecular weight excluding hydrogens is 364 g/mol. The molecule has 6 nitrogen and oxygen atoms in total. The van der Waals surface area contributed by atoms with Gasteiger partial charge in [0.05, 0.1) is 11.4 Å². The second-order valence-corrected chi connectivity index (χ2v) is 8.12. The quantitative estimate of drug-likeness (QED) is 0.595. The Kier molecular flexibility index (Phi) is 4.08. The highest BCUT2D eigenvalue weighted by atomic mass is 16.2. The minimum Gasteiger partial charge on any atom is -0.397 e. The van der Waals surface area contributed by atoms with E-state index in [0.29, 0.717) is 28.8 Å². The van der Waals surface area contributed by atoms with Crippen LogP contribution in [0.1, 0.15) is 41.6 Å². The zero-order chi connectivity index (χ0) is 20.1. The molecule has 2 fully saturated rings. The smallest absolute Gasteiger partial charge is 0.261 e. The highest BCUT2D eigenvalue weighted by Gasteiger charge is 2.39. The number of benzene rings is 2. The molecule has 0 atom stereocenters. The van der Waals surface area contributed by atoms with Crippen LogP contribution in [0.3, 0.4) is 0 Å². The first kappa shape index (κ1) is 17.8. The minimum absolute atomic E-state index is 0.0767. The Morgan fingerprint density at radius 2 is 1.86 bits per heavy atom. The van der Waals surface area contributed by atoms with Gasteiger partial charge in [-0.2, -0.15) is 0 Å². The Labute approximate surface area is 168 Å². The van der Waals surface area contributed by atoms with Crippen molar-refractivity contribution >= 4 is 33.9 Å². The van der Waals surface area contributed by atoms with Crippen molar-refractivity contribution < 1.29 is 4.79 Å². The molecule has 5 rings (SSSR count). The van der Waals surface area contributed by atoms with Gasteiger partial charge in [-0.15, -0.1) is 0 Å². The first-order valence-corrected chi connectivity index (χ1v) is 10.1. The number of aryl methyl sites for hydroxylation is 1. The number of nitrogen functional groups attached to an aromatic ring is 1. The molecule has 2 aliphatic heterocycles. The number of hydrogen-bond donors (Lipinski definition) is 3. The van der Waals surface area contributed by atoms with E-state index in [-0.39, 0.29) is 11.0 Å². The number of pyridine rings is 1. The van der Waals surface area contributed by atoms with E-state index in [1.807, 2.05) is 43.3 Å². The molecule has 0 saturated carbocycles. The zero-order valence-corrected chi connectivity index (χ0v) is 16.4. The molecule has 2 aliphatic rings. The van der Waals surface area contributed by atoms with Gasteiger partial charge in [-0.1, -0.05) is 12.1 Å². The van der Waals surface area contributed by atoms with Crippen molar-refractivity contribution in [1.82, 2.24) is 4.98 Å². The third kappa shape index (κ3) is 2.87. The average Bonchev–Trinajstić information content (AvgIpc) is 3.30. The number of carbonyl (C=O) groups is 1. The topological polar surface area (TPSA) is 91.2 Å². The third-order valence-corrected chi connectivity index (χ3v) is 6.40. The lowest BCUT2D eigenvalue weighted by molar-refractivity contribution is 0.102.